The molecule has 120 valence electrons. The van der Waals surface area contributed by atoms with Crippen LogP contribution in [0.5, 0.6) is 0 Å². The van der Waals surface area contributed by atoms with Crippen molar-refractivity contribution in [2.75, 3.05) is 13.2 Å². The lowest BCUT2D eigenvalue weighted by Crippen LogP contribution is -2.38. The minimum absolute atomic E-state index is 0.0107. The highest BCUT2D eigenvalue weighted by Gasteiger charge is 2.37. The first-order valence-electron chi connectivity index (χ1n) is 7.23. The fourth-order valence-electron chi connectivity index (χ4n) is 2.94. The fraction of sp³-hybridized carbons (Fsp3) is 0.786. The zero-order valence-corrected chi connectivity index (χ0v) is 14.2. The minimum Gasteiger partial charge on any atom is -0.377 e. The molecule has 1 aliphatic rings. The summed E-state index contributed by atoms with van der Waals surface area (Å²) in [6.07, 6.45) is 2.50. The van der Waals surface area contributed by atoms with Crippen molar-refractivity contribution in [3.63, 3.8) is 0 Å². The molecule has 1 aliphatic heterocycles. The number of sulfonamides is 1. The van der Waals surface area contributed by atoms with E-state index in [9.17, 15) is 8.42 Å². The van der Waals surface area contributed by atoms with E-state index in [0.717, 1.165) is 6.42 Å². The number of aromatic nitrogens is 2. The monoisotopic (exact) mass is 315 g/mol. The molecule has 0 radical (unpaired) electrons. The van der Waals surface area contributed by atoms with Crippen LogP contribution in [0.1, 0.15) is 32.9 Å². The smallest absolute Gasteiger partial charge is 0.243 e. The molecule has 6 nitrogen and oxygen atoms in total. The lowest BCUT2D eigenvalue weighted by molar-refractivity contribution is 0.00819. The highest BCUT2D eigenvalue weighted by atomic mass is 32.2. The summed E-state index contributed by atoms with van der Waals surface area (Å²) in [6.45, 7) is 9.16. The Bertz CT molecular complexity index is 601. The molecule has 1 N–H and O–H groups in total. The van der Waals surface area contributed by atoms with Gasteiger partial charge in [0, 0.05) is 32.3 Å². The third kappa shape index (κ3) is 3.64. The quantitative estimate of drug-likeness (QED) is 0.913. The summed E-state index contributed by atoms with van der Waals surface area (Å²) in [4.78, 5) is 0.247. The second kappa shape index (κ2) is 5.70. The van der Waals surface area contributed by atoms with Crippen molar-refractivity contribution in [2.24, 2.45) is 18.4 Å². The van der Waals surface area contributed by atoms with Crippen LogP contribution < -0.4 is 4.72 Å². The molecule has 0 bridgehead atoms. The molecule has 0 aliphatic carbocycles. The third-order valence-electron chi connectivity index (χ3n) is 3.86. The van der Waals surface area contributed by atoms with Crippen molar-refractivity contribution in [3.8, 4) is 0 Å². The van der Waals surface area contributed by atoms with E-state index >= 15 is 0 Å². The maximum absolute atomic E-state index is 12.4. The summed E-state index contributed by atoms with van der Waals surface area (Å²) in [5, 5.41) is 4.08. The first kappa shape index (κ1) is 16.5. The van der Waals surface area contributed by atoms with Crippen molar-refractivity contribution < 1.29 is 13.2 Å². The number of nitrogens with one attached hydrogen (secondary N) is 1. The summed E-state index contributed by atoms with van der Waals surface area (Å²) in [5.41, 5.74) is 0.525. The molecule has 1 fully saturated rings. The zero-order chi connectivity index (χ0) is 15.8. The van der Waals surface area contributed by atoms with Crippen molar-refractivity contribution in [3.05, 3.63) is 11.9 Å². The van der Waals surface area contributed by atoms with E-state index in [2.05, 4.69) is 30.6 Å². The largest absolute Gasteiger partial charge is 0.377 e. The molecule has 2 rings (SSSR count). The molecule has 2 heterocycles. The molecule has 1 aromatic rings. The van der Waals surface area contributed by atoms with Gasteiger partial charge in [0.1, 0.15) is 4.90 Å². The molecule has 0 saturated carbocycles. The number of aryl methyl sites for hydroxylation is 2. The van der Waals surface area contributed by atoms with Gasteiger partial charge in [-0.25, -0.2) is 13.1 Å². The van der Waals surface area contributed by atoms with Crippen LogP contribution in [-0.2, 0) is 21.8 Å². The summed E-state index contributed by atoms with van der Waals surface area (Å²) >= 11 is 0. The first-order valence-corrected chi connectivity index (χ1v) is 8.71. The number of nitrogens with zero attached hydrogens (tertiary/aromatic N) is 2. The lowest BCUT2D eigenvalue weighted by atomic mass is 9.81. The molecular formula is C14H25N3O3S. The van der Waals surface area contributed by atoms with Gasteiger partial charge in [-0.1, -0.05) is 20.8 Å². The van der Waals surface area contributed by atoms with E-state index in [-0.39, 0.29) is 22.3 Å². The lowest BCUT2D eigenvalue weighted by Gasteiger charge is -2.31. The molecule has 1 saturated heterocycles. The van der Waals surface area contributed by atoms with Gasteiger partial charge in [-0.2, -0.15) is 5.10 Å². The Kier molecular flexibility index (Phi) is 4.46. The van der Waals surface area contributed by atoms with Crippen LogP contribution in [0.3, 0.4) is 0 Å². The van der Waals surface area contributed by atoms with Crippen molar-refractivity contribution in [1.29, 1.82) is 0 Å². The third-order valence-corrected chi connectivity index (χ3v) is 5.39. The molecule has 2 atom stereocenters. The summed E-state index contributed by atoms with van der Waals surface area (Å²) < 4.78 is 34.8. The second-order valence-corrected chi connectivity index (χ2v) is 8.55. The average Bonchev–Trinajstić information content (AvgIpc) is 2.92. The Morgan fingerprint density at radius 2 is 2.14 bits per heavy atom. The standard InChI is InChI=1S/C14H25N3O3S/c1-10-12(9-17(5)16-10)21(18,19)15-8-11-6-7-20-13(11)14(2,3)4/h9,11,13,15H,6-8H2,1-5H3/t11-,13+/m1/s1. The highest BCUT2D eigenvalue weighted by Crippen LogP contribution is 2.34. The molecule has 0 aromatic carbocycles. The summed E-state index contributed by atoms with van der Waals surface area (Å²) in [5.74, 6) is 0.205. The van der Waals surface area contributed by atoms with E-state index < -0.39 is 10.0 Å². The predicted octanol–water partition coefficient (Wildman–Crippen LogP) is 1.46. The molecule has 0 unspecified atom stereocenters. The average molecular weight is 315 g/mol. The van der Waals surface area contributed by atoms with Crippen molar-refractivity contribution >= 4 is 10.0 Å². The molecule has 7 heteroatoms. The Morgan fingerprint density at radius 1 is 1.48 bits per heavy atom. The molecule has 0 amide bonds. The number of hydrogen-bond donors (Lipinski definition) is 1. The van der Waals surface area contributed by atoms with Gasteiger partial charge in [-0.05, 0) is 18.8 Å². The zero-order valence-electron chi connectivity index (χ0n) is 13.4. The predicted molar refractivity (Wildman–Crippen MR) is 80.4 cm³/mol. The van der Waals surface area contributed by atoms with Gasteiger partial charge >= 0.3 is 0 Å². The Labute approximate surface area is 126 Å². The van der Waals surface area contributed by atoms with Crippen LogP contribution in [0.2, 0.25) is 0 Å². The van der Waals surface area contributed by atoms with Crippen LogP contribution in [0.15, 0.2) is 11.1 Å². The summed E-state index contributed by atoms with van der Waals surface area (Å²) in [7, 11) is -1.80. The molecule has 1 aromatic heterocycles. The Balaban J connectivity index is 2.07. The normalized spacial score (nSPS) is 23.7. The number of rotatable bonds is 4. The second-order valence-electron chi connectivity index (χ2n) is 6.81. The SMILES string of the molecule is Cc1nn(C)cc1S(=O)(=O)NC[C@H]1CCO[C@@H]1C(C)(C)C. The molecular weight excluding hydrogens is 290 g/mol. The van der Waals surface area contributed by atoms with Crippen LogP contribution in [0.4, 0.5) is 0 Å². The minimum atomic E-state index is -3.52. The Hall–Kier alpha value is -0.920. The van der Waals surface area contributed by atoms with Crippen molar-refractivity contribution in [1.82, 2.24) is 14.5 Å². The number of ether oxygens (including phenoxy) is 1. The van der Waals surface area contributed by atoms with Gasteiger partial charge < -0.3 is 4.74 Å². The van der Waals surface area contributed by atoms with Crippen LogP contribution >= 0.6 is 0 Å². The van der Waals surface area contributed by atoms with Gasteiger partial charge in [0.15, 0.2) is 0 Å². The van der Waals surface area contributed by atoms with Gasteiger partial charge in [-0.15, -0.1) is 0 Å². The fourth-order valence-corrected chi connectivity index (χ4v) is 4.25. The van der Waals surface area contributed by atoms with Crippen LogP contribution in [-0.4, -0.2) is 37.5 Å². The van der Waals surface area contributed by atoms with Gasteiger partial charge in [0.25, 0.3) is 0 Å². The first-order chi connectivity index (χ1) is 9.61. The molecule has 21 heavy (non-hydrogen) atoms. The van der Waals surface area contributed by atoms with E-state index in [1.807, 2.05) is 0 Å². The highest BCUT2D eigenvalue weighted by molar-refractivity contribution is 7.89. The van der Waals surface area contributed by atoms with Crippen LogP contribution in [0, 0.1) is 18.3 Å². The maximum atomic E-state index is 12.4. The molecule has 0 spiro atoms. The Morgan fingerprint density at radius 3 is 2.67 bits per heavy atom. The van der Waals surface area contributed by atoms with E-state index in [0.29, 0.717) is 18.8 Å². The number of hydrogen-bond acceptors (Lipinski definition) is 4. The van der Waals surface area contributed by atoms with Gasteiger partial charge in [0.2, 0.25) is 10.0 Å². The van der Waals surface area contributed by atoms with Gasteiger partial charge in [0.05, 0.1) is 11.8 Å². The van der Waals surface area contributed by atoms with E-state index in [4.69, 9.17) is 4.74 Å². The topological polar surface area (TPSA) is 73.2 Å². The van der Waals surface area contributed by atoms with E-state index in [1.54, 1.807) is 14.0 Å². The summed E-state index contributed by atoms with van der Waals surface area (Å²) in [6, 6.07) is 0. The van der Waals surface area contributed by atoms with Crippen LogP contribution in [0.25, 0.3) is 0 Å². The van der Waals surface area contributed by atoms with E-state index in [1.165, 1.54) is 10.9 Å². The van der Waals surface area contributed by atoms with Gasteiger partial charge in [-0.3, -0.25) is 4.68 Å². The van der Waals surface area contributed by atoms with Crippen molar-refractivity contribution in [2.45, 2.75) is 45.1 Å². The maximum Gasteiger partial charge on any atom is 0.243 e.